The summed E-state index contributed by atoms with van der Waals surface area (Å²) in [5.41, 5.74) is 2.32. The van der Waals surface area contributed by atoms with Crippen molar-refractivity contribution in [2.24, 2.45) is 0 Å². The van der Waals surface area contributed by atoms with Gasteiger partial charge in [0.2, 0.25) is 0 Å². The third-order valence-corrected chi connectivity index (χ3v) is 3.29. The predicted molar refractivity (Wildman–Crippen MR) is 56.1 cm³/mol. The summed E-state index contributed by atoms with van der Waals surface area (Å²) in [6, 6.07) is 0. The number of carboxylic acid groups (broad SMARTS) is 1. The molecule has 15 heavy (non-hydrogen) atoms. The summed E-state index contributed by atoms with van der Waals surface area (Å²) in [5, 5.41) is 8.86. The van der Waals surface area contributed by atoms with Crippen LogP contribution in [0.3, 0.4) is 0 Å². The highest BCUT2D eigenvalue weighted by Crippen LogP contribution is 2.38. The summed E-state index contributed by atoms with van der Waals surface area (Å²) < 4.78 is 5.66. The first-order valence-corrected chi connectivity index (χ1v) is 5.40. The van der Waals surface area contributed by atoms with E-state index in [0.717, 1.165) is 36.3 Å². The highest BCUT2D eigenvalue weighted by atomic mass is 16.4. The predicted octanol–water partition coefficient (Wildman–Crippen LogP) is 2.79. The summed E-state index contributed by atoms with van der Waals surface area (Å²) in [6.45, 7) is 3.98. The maximum Gasteiger partial charge on any atom is 0.303 e. The van der Waals surface area contributed by atoms with Gasteiger partial charge in [0.15, 0.2) is 0 Å². The Balaban J connectivity index is 2.36. The van der Waals surface area contributed by atoms with Gasteiger partial charge in [0.05, 0.1) is 6.42 Å². The van der Waals surface area contributed by atoms with Crippen LogP contribution in [0.4, 0.5) is 0 Å². The standard InChI is InChI=1S/C12H16O3/c1-7-8(2)15-10-5-3-4-9(12(7)10)6-11(13)14/h9H,3-6H2,1-2H3,(H,13,14). The minimum Gasteiger partial charge on any atom is -0.481 e. The molecule has 1 heterocycles. The van der Waals surface area contributed by atoms with Crippen LogP contribution >= 0.6 is 0 Å². The monoisotopic (exact) mass is 208 g/mol. The second-order valence-corrected chi connectivity index (χ2v) is 4.31. The van der Waals surface area contributed by atoms with Gasteiger partial charge in [0, 0.05) is 12.0 Å². The van der Waals surface area contributed by atoms with Crippen molar-refractivity contribution >= 4 is 5.97 Å². The lowest BCUT2D eigenvalue weighted by atomic mass is 9.83. The van der Waals surface area contributed by atoms with Crippen molar-refractivity contribution in [3.05, 3.63) is 22.6 Å². The Morgan fingerprint density at radius 3 is 2.93 bits per heavy atom. The quantitative estimate of drug-likeness (QED) is 0.813. The number of hydrogen-bond donors (Lipinski definition) is 1. The smallest absolute Gasteiger partial charge is 0.303 e. The third-order valence-electron chi connectivity index (χ3n) is 3.29. The molecule has 1 N–H and O–H groups in total. The van der Waals surface area contributed by atoms with Crippen LogP contribution < -0.4 is 0 Å². The first-order valence-electron chi connectivity index (χ1n) is 5.40. The van der Waals surface area contributed by atoms with Gasteiger partial charge in [-0.15, -0.1) is 0 Å². The molecule has 0 amide bonds. The lowest BCUT2D eigenvalue weighted by molar-refractivity contribution is -0.137. The average molecular weight is 208 g/mol. The molecular formula is C12H16O3. The fraction of sp³-hybridized carbons (Fsp3) is 0.583. The van der Waals surface area contributed by atoms with Crippen LogP contribution in [0.25, 0.3) is 0 Å². The Morgan fingerprint density at radius 1 is 1.53 bits per heavy atom. The zero-order valence-corrected chi connectivity index (χ0v) is 9.17. The normalized spacial score (nSPS) is 20.0. The fourth-order valence-corrected chi connectivity index (χ4v) is 2.50. The number of aryl methyl sites for hydroxylation is 2. The molecule has 1 aromatic rings. The number of aliphatic carboxylic acids is 1. The maximum absolute atomic E-state index is 10.8. The third kappa shape index (κ3) is 1.78. The molecule has 3 heteroatoms. The lowest BCUT2D eigenvalue weighted by Crippen LogP contribution is -2.12. The number of furan rings is 1. The molecule has 0 spiro atoms. The van der Waals surface area contributed by atoms with E-state index in [9.17, 15) is 4.79 Å². The van der Waals surface area contributed by atoms with Gasteiger partial charge in [0.1, 0.15) is 11.5 Å². The molecular weight excluding hydrogens is 192 g/mol. The molecule has 1 aromatic heterocycles. The van der Waals surface area contributed by atoms with E-state index in [4.69, 9.17) is 9.52 Å². The molecule has 0 saturated carbocycles. The number of hydrogen-bond acceptors (Lipinski definition) is 2. The summed E-state index contributed by atoms with van der Waals surface area (Å²) >= 11 is 0. The zero-order valence-electron chi connectivity index (χ0n) is 9.17. The van der Waals surface area contributed by atoms with Crippen molar-refractivity contribution in [3.8, 4) is 0 Å². The summed E-state index contributed by atoms with van der Waals surface area (Å²) in [7, 11) is 0. The minimum atomic E-state index is -0.717. The van der Waals surface area contributed by atoms with E-state index in [2.05, 4.69) is 0 Å². The Labute approximate surface area is 89.1 Å². The Bertz CT molecular complexity index is 390. The van der Waals surface area contributed by atoms with E-state index in [0.29, 0.717) is 0 Å². The molecule has 1 unspecified atom stereocenters. The van der Waals surface area contributed by atoms with E-state index in [-0.39, 0.29) is 12.3 Å². The molecule has 0 aromatic carbocycles. The van der Waals surface area contributed by atoms with Crippen molar-refractivity contribution in [3.63, 3.8) is 0 Å². The van der Waals surface area contributed by atoms with Crippen molar-refractivity contribution in [2.75, 3.05) is 0 Å². The molecule has 1 atom stereocenters. The molecule has 0 fully saturated rings. The number of fused-ring (bicyclic) bond motifs is 1. The van der Waals surface area contributed by atoms with Gasteiger partial charge in [-0.25, -0.2) is 0 Å². The Morgan fingerprint density at radius 2 is 2.27 bits per heavy atom. The van der Waals surface area contributed by atoms with Gasteiger partial charge in [-0.3, -0.25) is 4.79 Å². The van der Waals surface area contributed by atoms with Crippen LogP contribution in [0.15, 0.2) is 4.42 Å². The van der Waals surface area contributed by atoms with E-state index >= 15 is 0 Å². The molecule has 2 rings (SSSR count). The van der Waals surface area contributed by atoms with Gasteiger partial charge in [-0.2, -0.15) is 0 Å². The summed E-state index contributed by atoms with van der Waals surface area (Å²) in [6.07, 6.45) is 3.20. The Hall–Kier alpha value is -1.25. The molecule has 0 bridgehead atoms. The first kappa shape index (κ1) is 10.3. The topological polar surface area (TPSA) is 50.4 Å². The largest absolute Gasteiger partial charge is 0.481 e. The number of rotatable bonds is 2. The number of carbonyl (C=O) groups is 1. The second kappa shape index (κ2) is 3.72. The van der Waals surface area contributed by atoms with Crippen LogP contribution in [-0.4, -0.2) is 11.1 Å². The highest BCUT2D eigenvalue weighted by molar-refractivity contribution is 5.68. The van der Waals surface area contributed by atoms with Crippen LogP contribution in [0.2, 0.25) is 0 Å². The van der Waals surface area contributed by atoms with Crippen molar-refractivity contribution in [1.82, 2.24) is 0 Å². The first-order chi connectivity index (χ1) is 7.09. The second-order valence-electron chi connectivity index (χ2n) is 4.31. The molecule has 82 valence electrons. The SMILES string of the molecule is Cc1oc2c(c1C)C(CC(=O)O)CCC2. The van der Waals surface area contributed by atoms with E-state index in [1.165, 1.54) is 5.56 Å². The summed E-state index contributed by atoms with van der Waals surface area (Å²) in [5.74, 6) is 1.40. The Kier molecular flexibility index (Phi) is 2.55. The van der Waals surface area contributed by atoms with Crippen molar-refractivity contribution < 1.29 is 14.3 Å². The highest BCUT2D eigenvalue weighted by Gasteiger charge is 2.28. The van der Waals surface area contributed by atoms with Gasteiger partial charge in [0.25, 0.3) is 0 Å². The van der Waals surface area contributed by atoms with Gasteiger partial charge >= 0.3 is 5.97 Å². The van der Waals surface area contributed by atoms with Crippen molar-refractivity contribution in [1.29, 1.82) is 0 Å². The van der Waals surface area contributed by atoms with Crippen LogP contribution in [0.5, 0.6) is 0 Å². The number of carboxylic acids is 1. The van der Waals surface area contributed by atoms with E-state index in [1.54, 1.807) is 0 Å². The van der Waals surface area contributed by atoms with Crippen LogP contribution in [0.1, 0.15) is 47.8 Å². The van der Waals surface area contributed by atoms with Gasteiger partial charge in [-0.05, 0) is 38.2 Å². The molecule has 1 aliphatic carbocycles. The average Bonchev–Trinajstić information content (AvgIpc) is 2.43. The summed E-state index contributed by atoms with van der Waals surface area (Å²) in [4.78, 5) is 10.8. The minimum absolute atomic E-state index is 0.156. The van der Waals surface area contributed by atoms with Crippen LogP contribution in [-0.2, 0) is 11.2 Å². The van der Waals surface area contributed by atoms with E-state index in [1.807, 2.05) is 13.8 Å². The molecule has 3 nitrogen and oxygen atoms in total. The fourth-order valence-electron chi connectivity index (χ4n) is 2.50. The molecule has 0 saturated heterocycles. The van der Waals surface area contributed by atoms with Gasteiger partial charge < -0.3 is 9.52 Å². The van der Waals surface area contributed by atoms with Crippen molar-refractivity contribution in [2.45, 2.75) is 45.4 Å². The molecule has 0 aliphatic heterocycles. The van der Waals surface area contributed by atoms with Gasteiger partial charge in [-0.1, -0.05) is 0 Å². The molecule has 0 radical (unpaired) electrons. The maximum atomic E-state index is 10.8. The zero-order chi connectivity index (χ0) is 11.0. The van der Waals surface area contributed by atoms with Crippen LogP contribution in [0, 0.1) is 13.8 Å². The lowest BCUT2D eigenvalue weighted by Gasteiger charge is -2.20. The molecule has 1 aliphatic rings. The van der Waals surface area contributed by atoms with E-state index < -0.39 is 5.97 Å².